The third-order valence-corrected chi connectivity index (χ3v) is 3.18. The van der Waals surface area contributed by atoms with Gasteiger partial charge in [0, 0.05) is 18.1 Å². The normalized spacial score (nSPS) is 30.4. The minimum absolute atomic E-state index is 0.252. The Kier molecular flexibility index (Phi) is 3.18. The standard InChI is InChI=1S/C12H23N/c1-6-11(3)13-9-10(2)7-8-12(13,4)5/h7-8,10-11H,6,9H2,1-5H3/t10-,11?/m1/s1. The molecular weight excluding hydrogens is 158 g/mol. The van der Waals surface area contributed by atoms with Crippen molar-refractivity contribution in [2.45, 2.75) is 52.6 Å². The van der Waals surface area contributed by atoms with E-state index in [-0.39, 0.29) is 5.54 Å². The molecule has 76 valence electrons. The van der Waals surface area contributed by atoms with Gasteiger partial charge in [-0.2, -0.15) is 0 Å². The molecule has 0 bridgehead atoms. The Balaban J connectivity index is 2.77. The first-order valence-electron chi connectivity index (χ1n) is 5.43. The second kappa shape index (κ2) is 3.83. The topological polar surface area (TPSA) is 3.24 Å². The first-order chi connectivity index (χ1) is 5.97. The first-order valence-corrected chi connectivity index (χ1v) is 5.43. The average Bonchev–Trinajstić information content (AvgIpc) is 2.08. The summed E-state index contributed by atoms with van der Waals surface area (Å²) in [5, 5.41) is 0. The van der Waals surface area contributed by atoms with E-state index in [0.717, 1.165) is 0 Å². The van der Waals surface area contributed by atoms with Crippen LogP contribution >= 0.6 is 0 Å². The summed E-state index contributed by atoms with van der Waals surface area (Å²) in [6.07, 6.45) is 5.94. The molecule has 0 amide bonds. The van der Waals surface area contributed by atoms with E-state index in [9.17, 15) is 0 Å². The van der Waals surface area contributed by atoms with Crippen LogP contribution in [0.3, 0.4) is 0 Å². The highest BCUT2D eigenvalue weighted by molar-refractivity contribution is 5.09. The zero-order chi connectivity index (χ0) is 10.1. The molecule has 0 radical (unpaired) electrons. The number of hydrogen-bond donors (Lipinski definition) is 0. The predicted molar refractivity (Wildman–Crippen MR) is 58.8 cm³/mol. The highest BCUT2D eigenvalue weighted by Gasteiger charge is 2.30. The lowest BCUT2D eigenvalue weighted by atomic mass is 9.91. The second-order valence-corrected chi connectivity index (χ2v) is 4.90. The molecule has 0 fully saturated rings. The Morgan fingerprint density at radius 2 is 2.15 bits per heavy atom. The van der Waals surface area contributed by atoms with Gasteiger partial charge in [0.2, 0.25) is 0 Å². The Morgan fingerprint density at radius 1 is 1.54 bits per heavy atom. The second-order valence-electron chi connectivity index (χ2n) is 4.90. The summed E-state index contributed by atoms with van der Waals surface area (Å²) in [6, 6.07) is 0.697. The van der Waals surface area contributed by atoms with Gasteiger partial charge in [0.1, 0.15) is 0 Å². The average molecular weight is 181 g/mol. The van der Waals surface area contributed by atoms with E-state index in [1.165, 1.54) is 13.0 Å². The van der Waals surface area contributed by atoms with Crippen molar-refractivity contribution in [3.63, 3.8) is 0 Å². The molecule has 13 heavy (non-hydrogen) atoms. The maximum absolute atomic E-state index is 2.61. The highest BCUT2D eigenvalue weighted by Crippen LogP contribution is 2.27. The van der Waals surface area contributed by atoms with Crippen LogP contribution in [-0.2, 0) is 0 Å². The molecule has 0 saturated carbocycles. The molecule has 0 aliphatic carbocycles. The van der Waals surface area contributed by atoms with Gasteiger partial charge in [-0.25, -0.2) is 0 Å². The van der Waals surface area contributed by atoms with Crippen molar-refractivity contribution in [1.82, 2.24) is 4.90 Å². The quantitative estimate of drug-likeness (QED) is 0.592. The maximum atomic E-state index is 2.61. The van der Waals surface area contributed by atoms with Crippen molar-refractivity contribution in [3.05, 3.63) is 12.2 Å². The summed E-state index contributed by atoms with van der Waals surface area (Å²) in [5.41, 5.74) is 0.252. The lowest BCUT2D eigenvalue weighted by Crippen LogP contribution is -2.51. The van der Waals surface area contributed by atoms with Crippen molar-refractivity contribution in [1.29, 1.82) is 0 Å². The van der Waals surface area contributed by atoms with Crippen LogP contribution in [0, 0.1) is 5.92 Å². The van der Waals surface area contributed by atoms with Crippen molar-refractivity contribution in [2.75, 3.05) is 6.54 Å². The van der Waals surface area contributed by atoms with Gasteiger partial charge in [0.25, 0.3) is 0 Å². The third kappa shape index (κ3) is 2.34. The fourth-order valence-corrected chi connectivity index (χ4v) is 2.07. The van der Waals surface area contributed by atoms with E-state index in [1.54, 1.807) is 0 Å². The van der Waals surface area contributed by atoms with Crippen LogP contribution in [0.25, 0.3) is 0 Å². The van der Waals surface area contributed by atoms with Crippen molar-refractivity contribution >= 4 is 0 Å². The van der Waals surface area contributed by atoms with Crippen LogP contribution in [0.15, 0.2) is 12.2 Å². The molecule has 0 saturated heterocycles. The molecule has 0 aromatic heterocycles. The molecule has 2 atom stereocenters. The van der Waals surface area contributed by atoms with Crippen molar-refractivity contribution in [3.8, 4) is 0 Å². The largest absolute Gasteiger partial charge is 0.292 e. The van der Waals surface area contributed by atoms with Crippen LogP contribution in [0.4, 0.5) is 0 Å². The minimum Gasteiger partial charge on any atom is -0.292 e. The number of nitrogens with zero attached hydrogens (tertiary/aromatic N) is 1. The van der Waals surface area contributed by atoms with Crippen molar-refractivity contribution < 1.29 is 0 Å². The lowest BCUT2D eigenvalue weighted by molar-refractivity contribution is 0.0878. The van der Waals surface area contributed by atoms with Crippen LogP contribution in [-0.4, -0.2) is 23.0 Å². The van der Waals surface area contributed by atoms with E-state index in [1.807, 2.05) is 0 Å². The zero-order valence-corrected chi connectivity index (χ0v) is 9.67. The molecule has 1 rings (SSSR count). The summed E-state index contributed by atoms with van der Waals surface area (Å²) in [5.74, 6) is 0.710. The molecule has 0 N–H and O–H groups in total. The number of rotatable bonds is 2. The van der Waals surface area contributed by atoms with Gasteiger partial charge < -0.3 is 0 Å². The maximum Gasteiger partial charge on any atom is 0.0338 e. The van der Waals surface area contributed by atoms with Crippen LogP contribution in [0.1, 0.15) is 41.0 Å². The first kappa shape index (κ1) is 10.8. The van der Waals surface area contributed by atoms with Gasteiger partial charge >= 0.3 is 0 Å². The predicted octanol–water partition coefficient (Wildman–Crippen LogP) is 3.07. The smallest absolute Gasteiger partial charge is 0.0338 e. The van der Waals surface area contributed by atoms with Gasteiger partial charge in [-0.3, -0.25) is 4.90 Å². The van der Waals surface area contributed by atoms with Gasteiger partial charge in [-0.15, -0.1) is 0 Å². The molecule has 1 heteroatoms. The molecule has 0 spiro atoms. The van der Waals surface area contributed by atoms with Crippen molar-refractivity contribution in [2.24, 2.45) is 5.92 Å². The van der Waals surface area contributed by atoms with E-state index in [2.05, 4.69) is 51.7 Å². The summed E-state index contributed by atoms with van der Waals surface area (Å²) in [4.78, 5) is 2.61. The summed E-state index contributed by atoms with van der Waals surface area (Å²) >= 11 is 0. The molecule has 1 nitrogen and oxygen atoms in total. The third-order valence-electron chi connectivity index (χ3n) is 3.18. The molecule has 0 aromatic carbocycles. The van der Waals surface area contributed by atoms with Crippen LogP contribution in [0.5, 0.6) is 0 Å². The molecule has 1 aliphatic rings. The molecule has 1 aliphatic heterocycles. The minimum atomic E-state index is 0.252. The molecular formula is C12H23N. The monoisotopic (exact) mass is 181 g/mol. The Morgan fingerprint density at radius 3 is 2.69 bits per heavy atom. The Bertz CT molecular complexity index is 193. The summed E-state index contributed by atoms with van der Waals surface area (Å²) in [6.45, 7) is 12.7. The summed E-state index contributed by atoms with van der Waals surface area (Å²) in [7, 11) is 0. The molecule has 1 unspecified atom stereocenters. The highest BCUT2D eigenvalue weighted by atomic mass is 15.2. The van der Waals surface area contributed by atoms with E-state index < -0.39 is 0 Å². The van der Waals surface area contributed by atoms with E-state index in [0.29, 0.717) is 12.0 Å². The fourth-order valence-electron chi connectivity index (χ4n) is 2.07. The number of hydrogen-bond acceptors (Lipinski definition) is 1. The van der Waals surface area contributed by atoms with Crippen LogP contribution < -0.4 is 0 Å². The zero-order valence-electron chi connectivity index (χ0n) is 9.67. The van der Waals surface area contributed by atoms with E-state index >= 15 is 0 Å². The fraction of sp³-hybridized carbons (Fsp3) is 0.833. The SMILES string of the molecule is CCC(C)N1C[C@H](C)C=CC1(C)C. The summed E-state index contributed by atoms with van der Waals surface area (Å²) < 4.78 is 0. The Labute approximate surface area is 82.8 Å². The van der Waals surface area contributed by atoms with Gasteiger partial charge in [0.15, 0.2) is 0 Å². The lowest BCUT2D eigenvalue weighted by Gasteiger charge is -2.44. The molecule has 0 aromatic rings. The van der Waals surface area contributed by atoms with Gasteiger partial charge in [-0.05, 0) is 33.1 Å². The van der Waals surface area contributed by atoms with Gasteiger partial charge in [0.05, 0.1) is 0 Å². The van der Waals surface area contributed by atoms with E-state index in [4.69, 9.17) is 0 Å². The molecule has 1 heterocycles. The van der Waals surface area contributed by atoms with Gasteiger partial charge in [-0.1, -0.05) is 26.0 Å². The van der Waals surface area contributed by atoms with Crippen LogP contribution in [0.2, 0.25) is 0 Å². The Hall–Kier alpha value is -0.300.